The summed E-state index contributed by atoms with van der Waals surface area (Å²) in [4.78, 5) is 38.0. The number of hydrogen-bond donors (Lipinski definition) is 3. The second kappa shape index (κ2) is 7.77. The standard InChI is InChI=1S/C20H18N2O5S/c1-11-4-3-5-14(12(11)2)21-18(25)10-22-19(26)17(28-20(22)27)9-13-6-7-15(23)16(24)8-13/h3-9,23-24H,10H2,1-2H3,(H,21,25)/b17-9+. The van der Waals surface area contributed by atoms with Crippen molar-refractivity contribution >= 4 is 40.6 Å². The maximum atomic E-state index is 12.5. The van der Waals surface area contributed by atoms with Crippen LogP contribution in [0.2, 0.25) is 0 Å². The summed E-state index contributed by atoms with van der Waals surface area (Å²) >= 11 is 0.715. The summed E-state index contributed by atoms with van der Waals surface area (Å²) < 4.78 is 0. The number of phenols is 2. The van der Waals surface area contributed by atoms with Gasteiger partial charge in [-0.1, -0.05) is 18.2 Å². The molecular formula is C20H18N2O5S. The molecule has 0 aliphatic carbocycles. The number of carbonyl (C=O) groups is 3. The van der Waals surface area contributed by atoms with Crippen LogP contribution < -0.4 is 5.32 Å². The summed E-state index contributed by atoms with van der Waals surface area (Å²) in [5.41, 5.74) is 3.01. The lowest BCUT2D eigenvalue weighted by atomic mass is 10.1. The van der Waals surface area contributed by atoms with Gasteiger partial charge in [0.2, 0.25) is 5.91 Å². The number of aromatic hydroxyl groups is 2. The van der Waals surface area contributed by atoms with Crippen molar-refractivity contribution in [1.29, 1.82) is 0 Å². The third-order valence-electron chi connectivity index (χ3n) is 4.35. The zero-order chi connectivity index (χ0) is 20.4. The predicted octanol–water partition coefficient (Wildman–Crippen LogP) is 3.39. The van der Waals surface area contributed by atoms with Gasteiger partial charge in [-0.3, -0.25) is 19.3 Å². The summed E-state index contributed by atoms with van der Waals surface area (Å²) in [6.45, 7) is 3.41. The number of rotatable bonds is 4. The minimum absolute atomic E-state index is 0.134. The van der Waals surface area contributed by atoms with E-state index in [0.29, 0.717) is 23.0 Å². The zero-order valence-corrected chi connectivity index (χ0v) is 16.0. The fourth-order valence-electron chi connectivity index (χ4n) is 2.64. The molecule has 0 saturated carbocycles. The van der Waals surface area contributed by atoms with Gasteiger partial charge in [-0.05, 0) is 66.6 Å². The first-order valence-electron chi connectivity index (χ1n) is 8.39. The van der Waals surface area contributed by atoms with E-state index in [0.717, 1.165) is 16.0 Å². The topological polar surface area (TPSA) is 107 Å². The SMILES string of the molecule is Cc1cccc(NC(=O)CN2C(=O)S/C(=C/c3ccc(O)c(O)c3)C2=O)c1C. The van der Waals surface area contributed by atoms with Gasteiger partial charge in [0.15, 0.2) is 11.5 Å². The Bertz CT molecular complexity index is 1020. The summed E-state index contributed by atoms with van der Waals surface area (Å²) in [7, 11) is 0. The van der Waals surface area contributed by atoms with Crippen LogP contribution in [0.5, 0.6) is 11.5 Å². The van der Waals surface area contributed by atoms with Crippen LogP contribution in [0.15, 0.2) is 41.3 Å². The number of aryl methyl sites for hydroxylation is 1. The second-order valence-electron chi connectivity index (χ2n) is 6.31. The number of benzene rings is 2. The van der Waals surface area contributed by atoms with Crippen LogP contribution in [0.3, 0.4) is 0 Å². The Kier molecular flexibility index (Phi) is 5.41. The van der Waals surface area contributed by atoms with E-state index >= 15 is 0 Å². The van der Waals surface area contributed by atoms with Gasteiger partial charge in [0.1, 0.15) is 6.54 Å². The Morgan fingerprint density at radius 1 is 1.14 bits per heavy atom. The zero-order valence-electron chi connectivity index (χ0n) is 15.2. The molecule has 2 aromatic carbocycles. The molecule has 144 valence electrons. The maximum absolute atomic E-state index is 12.5. The predicted molar refractivity (Wildman–Crippen MR) is 107 cm³/mol. The quantitative estimate of drug-likeness (QED) is 0.538. The molecule has 1 heterocycles. The molecule has 2 aromatic rings. The number of nitrogens with one attached hydrogen (secondary N) is 1. The second-order valence-corrected chi connectivity index (χ2v) is 7.30. The first-order chi connectivity index (χ1) is 13.3. The van der Waals surface area contributed by atoms with Crippen molar-refractivity contribution in [2.45, 2.75) is 13.8 Å². The van der Waals surface area contributed by atoms with E-state index in [9.17, 15) is 24.6 Å². The minimum Gasteiger partial charge on any atom is -0.504 e. The largest absolute Gasteiger partial charge is 0.504 e. The number of hydrogen-bond acceptors (Lipinski definition) is 6. The van der Waals surface area contributed by atoms with Crippen LogP contribution in [-0.4, -0.2) is 38.7 Å². The van der Waals surface area contributed by atoms with Gasteiger partial charge in [-0.2, -0.15) is 0 Å². The molecule has 1 aliphatic heterocycles. The molecule has 0 aromatic heterocycles. The summed E-state index contributed by atoms with van der Waals surface area (Å²) in [6.07, 6.45) is 1.42. The third-order valence-corrected chi connectivity index (χ3v) is 5.26. The van der Waals surface area contributed by atoms with E-state index in [2.05, 4.69) is 5.32 Å². The van der Waals surface area contributed by atoms with E-state index in [1.165, 1.54) is 24.3 Å². The highest BCUT2D eigenvalue weighted by Crippen LogP contribution is 2.33. The molecule has 7 nitrogen and oxygen atoms in total. The molecule has 8 heteroatoms. The van der Waals surface area contributed by atoms with Gasteiger partial charge in [0, 0.05) is 5.69 Å². The first kappa shape index (κ1) is 19.5. The maximum Gasteiger partial charge on any atom is 0.294 e. The molecule has 3 rings (SSSR count). The normalized spacial score (nSPS) is 15.4. The molecule has 0 spiro atoms. The van der Waals surface area contributed by atoms with Crippen molar-refractivity contribution in [1.82, 2.24) is 4.90 Å². The van der Waals surface area contributed by atoms with Crippen LogP contribution in [-0.2, 0) is 9.59 Å². The van der Waals surface area contributed by atoms with E-state index in [1.54, 1.807) is 6.07 Å². The van der Waals surface area contributed by atoms with Gasteiger partial charge in [-0.25, -0.2) is 0 Å². The van der Waals surface area contributed by atoms with Crippen molar-refractivity contribution in [3.8, 4) is 11.5 Å². The first-order valence-corrected chi connectivity index (χ1v) is 9.21. The monoisotopic (exact) mass is 398 g/mol. The lowest BCUT2D eigenvalue weighted by molar-refractivity contribution is -0.127. The van der Waals surface area contributed by atoms with Crippen molar-refractivity contribution in [3.63, 3.8) is 0 Å². The molecule has 0 bridgehead atoms. The smallest absolute Gasteiger partial charge is 0.294 e. The van der Waals surface area contributed by atoms with Crippen molar-refractivity contribution in [2.24, 2.45) is 0 Å². The molecule has 3 amide bonds. The lowest BCUT2D eigenvalue weighted by Crippen LogP contribution is -2.36. The van der Waals surface area contributed by atoms with E-state index in [4.69, 9.17) is 0 Å². The molecule has 3 N–H and O–H groups in total. The average Bonchev–Trinajstić information content (AvgIpc) is 2.89. The number of thioether (sulfide) groups is 1. The van der Waals surface area contributed by atoms with Crippen LogP contribution in [0.25, 0.3) is 6.08 Å². The highest BCUT2D eigenvalue weighted by Gasteiger charge is 2.36. The fraction of sp³-hybridized carbons (Fsp3) is 0.150. The van der Waals surface area contributed by atoms with Gasteiger partial charge in [0.05, 0.1) is 4.91 Å². The van der Waals surface area contributed by atoms with Crippen LogP contribution in [0, 0.1) is 13.8 Å². The molecular weight excluding hydrogens is 380 g/mol. The number of phenolic OH excluding ortho intramolecular Hbond substituents is 2. The number of imide groups is 1. The number of amides is 3. The van der Waals surface area contributed by atoms with Crippen LogP contribution >= 0.6 is 11.8 Å². The number of nitrogens with zero attached hydrogens (tertiary/aromatic N) is 1. The molecule has 1 fully saturated rings. The molecule has 1 saturated heterocycles. The molecule has 0 atom stereocenters. The Balaban J connectivity index is 1.73. The average molecular weight is 398 g/mol. The number of anilines is 1. The Hall–Kier alpha value is -3.26. The highest BCUT2D eigenvalue weighted by atomic mass is 32.2. The van der Waals surface area contributed by atoms with Crippen molar-refractivity contribution in [3.05, 3.63) is 58.0 Å². The molecule has 1 aliphatic rings. The van der Waals surface area contributed by atoms with Crippen molar-refractivity contribution in [2.75, 3.05) is 11.9 Å². The van der Waals surface area contributed by atoms with Crippen molar-refractivity contribution < 1.29 is 24.6 Å². The highest BCUT2D eigenvalue weighted by molar-refractivity contribution is 8.18. The van der Waals surface area contributed by atoms with Gasteiger partial charge in [0.25, 0.3) is 11.1 Å². The van der Waals surface area contributed by atoms with Gasteiger partial charge < -0.3 is 15.5 Å². The Morgan fingerprint density at radius 2 is 1.89 bits per heavy atom. The molecule has 28 heavy (non-hydrogen) atoms. The summed E-state index contributed by atoms with van der Waals surface area (Å²) in [5.74, 6) is -1.67. The van der Waals surface area contributed by atoms with E-state index < -0.39 is 23.6 Å². The number of carbonyl (C=O) groups excluding carboxylic acids is 3. The van der Waals surface area contributed by atoms with Crippen LogP contribution in [0.4, 0.5) is 10.5 Å². The van der Waals surface area contributed by atoms with Crippen LogP contribution in [0.1, 0.15) is 16.7 Å². The van der Waals surface area contributed by atoms with E-state index in [1.807, 2.05) is 26.0 Å². The van der Waals surface area contributed by atoms with Gasteiger partial charge in [-0.15, -0.1) is 0 Å². The Morgan fingerprint density at radius 3 is 2.61 bits per heavy atom. The fourth-order valence-corrected chi connectivity index (χ4v) is 3.48. The van der Waals surface area contributed by atoms with Gasteiger partial charge >= 0.3 is 0 Å². The molecule has 0 unspecified atom stereocenters. The summed E-state index contributed by atoms with van der Waals surface area (Å²) in [6, 6.07) is 9.54. The summed E-state index contributed by atoms with van der Waals surface area (Å²) in [5, 5.41) is 21.1. The third kappa shape index (κ3) is 4.01. The molecule has 0 radical (unpaired) electrons. The van der Waals surface area contributed by atoms with E-state index in [-0.39, 0.29) is 16.4 Å². The Labute approximate surface area is 165 Å². The minimum atomic E-state index is -0.585. The lowest BCUT2D eigenvalue weighted by Gasteiger charge is -2.14.